The Morgan fingerprint density at radius 2 is 1.92 bits per heavy atom. The maximum atomic E-state index is 12.2. The van der Waals surface area contributed by atoms with Crippen LogP contribution in [0.25, 0.3) is 11.0 Å². The van der Waals surface area contributed by atoms with Gasteiger partial charge in [-0.05, 0) is 45.7 Å². The smallest absolute Gasteiger partial charge is 0.410 e. The van der Waals surface area contributed by atoms with Crippen LogP contribution in [0.5, 0.6) is 0 Å². The summed E-state index contributed by atoms with van der Waals surface area (Å²) < 4.78 is 12.3. The van der Waals surface area contributed by atoms with Gasteiger partial charge in [-0.2, -0.15) is 0 Å². The predicted octanol–water partition coefficient (Wildman–Crippen LogP) is 3.39. The van der Waals surface area contributed by atoms with E-state index in [0.717, 1.165) is 23.9 Å². The van der Waals surface area contributed by atoms with Gasteiger partial charge in [0.1, 0.15) is 11.2 Å². The molecule has 0 saturated carbocycles. The van der Waals surface area contributed by atoms with Crippen LogP contribution in [-0.2, 0) is 9.47 Å². The van der Waals surface area contributed by atoms with Crippen LogP contribution in [0, 0.1) is 0 Å². The first-order chi connectivity index (χ1) is 12.3. The van der Waals surface area contributed by atoms with Crippen LogP contribution < -0.4 is 0 Å². The van der Waals surface area contributed by atoms with Gasteiger partial charge in [-0.25, -0.2) is 14.6 Å². The number of fused-ring (bicyclic) bond motifs is 1. The topological polar surface area (TPSA) is 73.7 Å². The molecule has 3 rings (SSSR count). The van der Waals surface area contributed by atoms with Crippen molar-refractivity contribution in [2.45, 2.75) is 45.3 Å². The zero-order valence-electron chi connectivity index (χ0n) is 15.7. The lowest BCUT2D eigenvalue weighted by Gasteiger charge is -2.34. The molecule has 7 heteroatoms. The number of rotatable bonds is 2. The third-order valence-electron chi connectivity index (χ3n) is 4.49. The highest BCUT2D eigenvalue weighted by Crippen LogP contribution is 2.28. The van der Waals surface area contributed by atoms with Gasteiger partial charge in [-0.3, -0.25) is 0 Å². The number of ether oxygens (including phenoxy) is 2. The highest BCUT2D eigenvalue weighted by Gasteiger charge is 2.28. The number of methoxy groups -OCH3 is 1. The molecule has 0 atom stereocenters. The van der Waals surface area contributed by atoms with E-state index in [-0.39, 0.29) is 12.1 Å². The quantitative estimate of drug-likeness (QED) is 0.769. The Hall–Kier alpha value is -2.57. The summed E-state index contributed by atoms with van der Waals surface area (Å²) in [5.74, 6) is -0.391. The molecule has 140 valence electrons. The van der Waals surface area contributed by atoms with Gasteiger partial charge in [0.05, 0.1) is 12.7 Å². The number of pyridine rings is 1. The molecule has 1 saturated heterocycles. The van der Waals surface area contributed by atoms with Gasteiger partial charge in [0.25, 0.3) is 0 Å². The zero-order valence-corrected chi connectivity index (χ0v) is 15.7. The number of esters is 1. The molecule has 0 N–H and O–H groups in total. The summed E-state index contributed by atoms with van der Waals surface area (Å²) in [6, 6.07) is 4.01. The summed E-state index contributed by atoms with van der Waals surface area (Å²) in [5, 5.41) is 0.905. The lowest BCUT2D eigenvalue weighted by molar-refractivity contribution is 0.0189. The highest BCUT2D eigenvalue weighted by molar-refractivity contribution is 5.93. The molecule has 1 amide bonds. The molecule has 0 spiro atoms. The first kappa shape index (κ1) is 18.2. The van der Waals surface area contributed by atoms with Crippen molar-refractivity contribution in [1.82, 2.24) is 14.5 Å². The van der Waals surface area contributed by atoms with Crippen molar-refractivity contribution in [3.8, 4) is 0 Å². The number of carbonyl (C=O) groups excluding carboxylic acids is 2. The van der Waals surface area contributed by atoms with E-state index in [0.29, 0.717) is 18.7 Å². The molecule has 1 aliphatic rings. The molecule has 3 heterocycles. The summed E-state index contributed by atoms with van der Waals surface area (Å²) in [7, 11) is 1.36. The van der Waals surface area contributed by atoms with Crippen molar-refractivity contribution in [3.05, 3.63) is 30.1 Å². The van der Waals surface area contributed by atoms with Crippen LogP contribution >= 0.6 is 0 Å². The van der Waals surface area contributed by atoms with Crippen molar-refractivity contribution in [1.29, 1.82) is 0 Å². The van der Waals surface area contributed by atoms with E-state index in [1.807, 2.05) is 33.0 Å². The minimum atomic E-state index is -0.480. The van der Waals surface area contributed by atoms with E-state index in [9.17, 15) is 9.59 Å². The molecule has 0 radical (unpaired) electrons. The Kier molecular flexibility index (Phi) is 4.89. The van der Waals surface area contributed by atoms with Gasteiger partial charge in [0.15, 0.2) is 0 Å². The van der Waals surface area contributed by atoms with Crippen LogP contribution in [0.1, 0.15) is 50.0 Å². The normalized spacial score (nSPS) is 15.9. The lowest BCUT2D eigenvalue weighted by Crippen LogP contribution is -2.42. The molecule has 0 aliphatic carbocycles. The first-order valence-electron chi connectivity index (χ1n) is 8.81. The van der Waals surface area contributed by atoms with E-state index in [1.54, 1.807) is 17.2 Å². The first-order valence-corrected chi connectivity index (χ1v) is 8.81. The second-order valence-corrected chi connectivity index (χ2v) is 7.55. The van der Waals surface area contributed by atoms with Gasteiger partial charge in [-0.15, -0.1) is 0 Å². The van der Waals surface area contributed by atoms with Crippen LogP contribution in [0.4, 0.5) is 4.79 Å². The fourth-order valence-electron chi connectivity index (χ4n) is 3.22. The van der Waals surface area contributed by atoms with E-state index in [1.165, 1.54) is 7.11 Å². The Balaban J connectivity index is 1.70. The maximum Gasteiger partial charge on any atom is 0.410 e. The monoisotopic (exact) mass is 359 g/mol. The molecule has 7 nitrogen and oxygen atoms in total. The Bertz CT molecular complexity index is 814. The average molecular weight is 359 g/mol. The van der Waals surface area contributed by atoms with E-state index in [2.05, 4.69) is 9.55 Å². The number of piperidine rings is 1. The zero-order chi connectivity index (χ0) is 18.9. The number of hydrogen-bond acceptors (Lipinski definition) is 5. The number of likely N-dealkylation sites (tertiary alicyclic amines) is 1. The Morgan fingerprint density at radius 1 is 1.23 bits per heavy atom. The second kappa shape index (κ2) is 6.97. The molecule has 0 unspecified atom stereocenters. The minimum absolute atomic E-state index is 0.255. The fourth-order valence-corrected chi connectivity index (χ4v) is 3.22. The van der Waals surface area contributed by atoms with Crippen LogP contribution in [-0.4, -0.2) is 52.3 Å². The molecule has 1 fully saturated rings. The SMILES string of the molecule is COC(=O)c1cnc2c(ccn2C2CCN(C(=O)OC(C)(C)C)CC2)c1. The largest absolute Gasteiger partial charge is 0.465 e. The number of aromatic nitrogens is 2. The number of hydrogen-bond donors (Lipinski definition) is 0. The third kappa shape index (κ3) is 3.81. The van der Waals surface area contributed by atoms with E-state index < -0.39 is 11.6 Å². The van der Waals surface area contributed by atoms with E-state index >= 15 is 0 Å². The van der Waals surface area contributed by atoms with Gasteiger partial charge < -0.3 is 18.9 Å². The average Bonchev–Trinajstić information content (AvgIpc) is 3.02. The summed E-state index contributed by atoms with van der Waals surface area (Å²) in [4.78, 5) is 30.0. The fraction of sp³-hybridized carbons (Fsp3) is 0.526. The summed E-state index contributed by atoms with van der Waals surface area (Å²) in [6.45, 7) is 6.92. The van der Waals surface area contributed by atoms with Crippen LogP contribution in [0.2, 0.25) is 0 Å². The molecular formula is C19H25N3O4. The molecule has 2 aromatic rings. The molecule has 0 aromatic carbocycles. The molecule has 26 heavy (non-hydrogen) atoms. The Morgan fingerprint density at radius 3 is 2.54 bits per heavy atom. The van der Waals surface area contributed by atoms with Crippen molar-refractivity contribution in [2.75, 3.05) is 20.2 Å². The van der Waals surface area contributed by atoms with Gasteiger partial charge in [0.2, 0.25) is 0 Å². The van der Waals surface area contributed by atoms with Crippen molar-refractivity contribution < 1.29 is 19.1 Å². The maximum absolute atomic E-state index is 12.2. The van der Waals surface area contributed by atoms with Gasteiger partial charge in [-0.1, -0.05) is 0 Å². The molecule has 2 aromatic heterocycles. The molecule has 0 bridgehead atoms. The Labute approximate surface area is 152 Å². The van der Waals surface area contributed by atoms with Crippen LogP contribution in [0.15, 0.2) is 24.5 Å². The highest BCUT2D eigenvalue weighted by atomic mass is 16.6. The number of carbonyl (C=O) groups is 2. The van der Waals surface area contributed by atoms with Gasteiger partial charge >= 0.3 is 12.1 Å². The predicted molar refractivity (Wildman–Crippen MR) is 97.2 cm³/mol. The van der Waals surface area contributed by atoms with Crippen molar-refractivity contribution in [3.63, 3.8) is 0 Å². The second-order valence-electron chi connectivity index (χ2n) is 7.55. The summed E-state index contributed by atoms with van der Waals surface area (Å²) in [6.07, 6.45) is 4.95. The van der Waals surface area contributed by atoms with Crippen LogP contribution in [0.3, 0.4) is 0 Å². The molecular weight excluding hydrogens is 334 g/mol. The number of amides is 1. The lowest BCUT2D eigenvalue weighted by atomic mass is 10.1. The van der Waals surface area contributed by atoms with Gasteiger partial charge in [0, 0.05) is 36.9 Å². The minimum Gasteiger partial charge on any atom is -0.465 e. The van der Waals surface area contributed by atoms with Crippen molar-refractivity contribution >= 4 is 23.1 Å². The summed E-state index contributed by atoms with van der Waals surface area (Å²) in [5.41, 5.74) is 0.803. The third-order valence-corrected chi connectivity index (χ3v) is 4.49. The van der Waals surface area contributed by atoms with Crippen molar-refractivity contribution in [2.24, 2.45) is 0 Å². The van der Waals surface area contributed by atoms with E-state index in [4.69, 9.17) is 9.47 Å². The molecule has 1 aliphatic heterocycles. The summed E-state index contributed by atoms with van der Waals surface area (Å²) >= 11 is 0. The standard InChI is InChI=1S/C19H25N3O4/c1-19(2,3)26-18(24)21-8-6-15(7-9-21)22-10-5-13-11-14(17(23)25-4)12-20-16(13)22/h5,10-12,15H,6-9H2,1-4H3. The number of nitrogens with zero attached hydrogens (tertiary/aromatic N) is 3.